The third kappa shape index (κ3) is 1.91. The van der Waals surface area contributed by atoms with E-state index >= 15 is 0 Å². The summed E-state index contributed by atoms with van der Waals surface area (Å²) in [6.45, 7) is 4.08. The molecule has 3 heteroatoms. The van der Waals surface area contributed by atoms with E-state index < -0.39 is 0 Å². The molecule has 48 valence electrons. The zero-order valence-electron chi connectivity index (χ0n) is 5.92. The Labute approximate surface area is 50.4 Å². The van der Waals surface area contributed by atoms with Gasteiger partial charge < -0.3 is 0 Å². The van der Waals surface area contributed by atoms with Crippen molar-refractivity contribution in [3.8, 4) is 0 Å². The molecule has 0 aliphatic heterocycles. The zero-order valence-corrected chi connectivity index (χ0v) is 5.92. The van der Waals surface area contributed by atoms with Crippen LogP contribution < -0.4 is 0 Å². The first-order valence-corrected chi connectivity index (χ1v) is 2.71. The number of azo groups is 1. The smallest absolute Gasteiger partial charge is 0.166 e. The summed E-state index contributed by atoms with van der Waals surface area (Å²) in [7, 11) is 3.46. The van der Waals surface area contributed by atoms with Crippen molar-refractivity contribution in [3.63, 3.8) is 0 Å². The molecule has 0 aliphatic rings. The van der Waals surface area contributed by atoms with Crippen LogP contribution in [0.25, 0.3) is 5.43 Å². The van der Waals surface area contributed by atoms with Crippen molar-refractivity contribution in [2.24, 2.45) is 5.11 Å². The molecule has 8 heavy (non-hydrogen) atoms. The summed E-state index contributed by atoms with van der Waals surface area (Å²) in [4.78, 5) is 1.67. The molecular weight excluding hydrogens is 102 g/mol. The second-order valence-corrected chi connectivity index (χ2v) is 1.81. The highest BCUT2D eigenvalue weighted by Crippen LogP contribution is 1.92. The molecule has 0 N–H and O–H groups in total. The van der Waals surface area contributed by atoms with Gasteiger partial charge in [-0.25, -0.2) is 10.5 Å². The van der Waals surface area contributed by atoms with Crippen molar-refractivity contribution in [1.82, 2.24) is 0 Å². The highest BCUT2D eigenvalue weighted by atomic mass is 15.5. The quantitative estimate of drug-likeness (QED) is 0.296. The minimum absolute atomic E-state index is 0.380. The van der Waals surface area contributed by atoms with Gasteiger partial charge in [0.15, 0.2) is 6.04 Å². The Balaban J connectivity index is 3.72. The van der Waals surface area contributed by atoms with E-state index in [1.807, 2.05) is 13.8 Å². The first-order valence-electron chi connectivity index (χ1n) is 2.71. The Morgan fingerprint density at radius 3 is 2.00 bits per heavy atom. The lowest BCUT2D eigenvalue weighted by Gasteiger charge is -2.06. The summed E-state index contributed by atoms with van der Waals surface area (Å²) in [6, 6.07) is 0.380. The minimum atomic E-state index is 0.380. The van der Waals surface area contributed by atoms with Crippen LogP contribution in [0.1, 0.15) is 13.8 Å². The first kappa shape index (κ1) is 7.40. The maximum Gasteiger partial charge on any atom is 0.166 e. The third-order valence-electron chi connectivity index (χ3n) is 0.872. The molecular formula is C5H13N3. The van der Waals surface area contributed by atoms with Crippen molar-refractivity contribution in [1.29, 1.82) is 0 Å². The third-order valence-corrected chi connectivity index (χ3v) is 0.872. The van der Waals surface area contributed by atoms with E-state index in [0.29, 0.717) is 6.04 Å². The highest BCUT2D eigenvalue weighted by molar-refractivity contribution is 4.42. The molecule has 0 radical (unpaired) electrons. The summed E-state index contributed by atoms with van der Waals surface area (Å²) in [5.74, 6) is 0. The van der Waals surface area contributed by atoms with E-state index in [1.165, 1.54) is 0 Å². The van der Waals surface area contributed by atoms with E-state index in [9.17, 15) is 0 Å². The second kappa shape index (κ2) is 3.41. The second-order valence-electron chi connectivity index (χ2n) is 1.81. The Hall–Kier alpha value is -0.600. The fourth-order valence-corrected chi connectivity index (χ4v) is 0.551. The van der Waals surface area contributed by atoms with Crippen molar-refractivity contribution in [2.75, 3.05) is 14.1 Å². The molecule has 3 nitrogen and oxygen atoms in total. The van der Waals surface area contributed by atoms with E-state index in [2.05, 4.69) is 10.5 Å². The van der Waals surface area contributed by atoms with Gasteiger partial charge in [-0.2, -0.15) is 4.81 Å². The average molecular weight is 115 g/mol. The lowest BCUT2D eigenvalue weighted by molar-refractivity contribution is -0.575. The van der Waals surface area contributed by atoms with Gasteiger partial charge >= 0.3 is 0 Å². The van der Waals surface area contributed by atoms with E-state index in [0.717, 1.165) is 0 Å². The SMILES string of the molecule is CN=[N+]([N-]C)C(C)C. The van der Waals surface area contributed by atoms with Gasteiger partial charge in [0.2, 0.25) is 0 Å². The van der Waals surface area contributed by atoms with Crippen LogP contribution in [0.15, 0.2) is 5.11 Å². The van der Waals surface area contributed by atoms with Crippen LogP contribution in [0.4, 0.5) is 0 Å². The molecule has 0 spiro atoms. The van der Waals surface area contributed by atoms with E-state index in [-0.39, 0.29) is 0 Å². The van der Waals surface area contributed by atoms with Gasteiger partial charge in [-0.05, 0) is 27.9 Å². The van der Waals surface area contributed by atoms with Crippen molar-refractivity contribution >= 4 is 0 Å². The molecule has 0 rings (SSSR count). The van der Waals surface area contributed by atoms with Gasteiger partial charge in [-0.15, -0.1) is 0 Å². The Kier molecular flexibility index (Phi) is 3.15. The van der Waals surface area contributed by atoms with E-state index in [4.69, 9.17) is 0 Å². The molecule has 0 atom stereocenters. The van der Waals surface area contributed by atoms with Crippen LogP contribution in [-0.2, 0) is 0 Å². The number of rotatable bonds is 2. The van der Waals surface area contributed by atoms with Gasteiger partial charge in [0.05, 0.1) is 0 Å². The molecule has 0 aliphatic carbocycles. The molecule has 0 heterocycles. The average Bonchev–Trinajstić information content (AvgIpc) is 1.69. The van der Waals surface area contributed by atoms with Crippen LogP contribution in [-0.4, -0.2) is 24.9 Å². The van der Waals surface area contributed by atoms with Gasteiger partial charge in [0, 0.05) is 0 Å². The van der Waals surface area contributed by atoms with Gasteiger partial charge in [-0.1, -0.05) is 0 Å². The summed E-state index contributed by atoms with van der Waals surface area (Å²) in [6.07, 6.45) is 0. The van der Waals surface area contributed by atoms with Crippen LogP contribution in [0.2, 0.25) is 0 Å². The largest absolute Gasteiger partial charge is 0.223 e. The number of hydrogen-bond acceptors (Lipinski definition) is 1. The van der Waals surface area contributed by atoms with Crippen LogP contribution in [0, 0.1) is 0 Å². The molecule has 0 unspecified atom stereocenters. The number of nitrogens with zero attached hydrogens (tertiary/aromatic N) is 3. The Morgan fingerprint density at radius 1 is 1.50 bits per heavy atom. The summed E-state index contributed by atoms with van der Waals surface area (Å²) >= 11 is 0. The normalized spacial score (nSPS) is 12.4. The Morgan fingerprint density at radius 2 is 2.00 bits per heavy atom. The molecule has 0 aromatic heterocycles. The first-order chi connectivity index (χ1) is 3.72. The van der Waals surface area contributed by atoms with Crippen molar-refractivity contribution in [2.45, 2.75) is 19.9 Å². The predicted molar refractivity (Wildman–Crippen MR) is 33.0 cm³/mol. The summed E-state index contributed by atoms with van der Waals surface area (Å²) < 4.78 is 0. The minimum Gasteiger partial charge on any atom is -0.223 e. The van der Waals surface area contributed by atoms with Crippen LogP contribution in [0.5, 0.6) is 0 Å². The maximum atomic E-state index is 3.87. The van der Waals surface area contributed by atoms with Crippen molar-refractivity contribution < 1.29 is 4.81 Å². The number of hydrogen-bond donors (Lipinski definition) is 0. The Bertz CT molecular complexity index is 85.7. The molecule has 0 saturated carbocycles. The topological polar surface area (TPSA) is 29.5 Å². The van der Waals surface area contributed by atoms with Gasteiger partial charge in [-0.3, -0.25) is 0 Å². The fourth-order valence-electron chi connectivity index (χ4n) is 0.551. The highest BCUT2D eigenvalue weighted by Gasteiger charge is 1.98. The molecule has 0 fully saturated rings. The van der Waals surface area contributed by atoms with Gasteiger partial charge in [0.1, 0.15) is 0 Å². The van der Waals surface area contributed by atoms with E-state index in [1.54, 1.807) is 18.9 Å². The zero-order chi connectivity index (χ0) is 6.57. The summed E-state index contributed by atoms with van der Waals surface area (Å²) in [5.41, 5.74) is 3.87. The lowest BCUT2D eigenvalue weighted by atomic mass is 10.4. The van der Waals surface area contributed by atoms with Crippen LogP contribution in [0.3, 0.4) is 0 Å². The monoisotopic (exact) mass is 115 g/mol. The summed E-state index contributed by atoms with van der Waals surface area (Å²) in [5, 5.41) is 3.87. The molecule has 0 aromatic carbocycles. The lowest BCUT2D eigenvalue weighted by Crippen LogP contribution is -2.12. The maximum absolute atomic E-state index is 3.87. The molecule has 0 aromatic rings. The van der Waals surface area contributed by atoms with Crippen LogP contribution >= 0.6 is 0 Å². The molecule has 0 saturated heterocycles. The standard InChI is InChI=1S/C5H13N3/c1-5(2)8(6-3)7-4/h5H,1-4H3. The van der Waals surface area contributed by atoms with Gasteiger partial charge in [0.25, 0.3) is 0 Å². The fraction of sp³-hybridized carbons (Fsp3) is 1.00. The molecule has 0 bridgehead atoms. The molecule has 0 amide bonds. The van der Waals surface area contributed by atoms with Crippen molar-refractivity contribution in [3.05, 3.63) is 5.43 Å². The predicted octanol–water partition coefficient (Wildman–Crippen LogP) is 1.41.